The summed E-state index contributed by atoms with van der Waals surface area (Å²) in [6, 6.07) is -1.32. The molecule has 0 radical (unpaired) electrons. The van der Waals surface area contributed by atoms with Crippen LogP contribution in [-0.2, 0) is 19.2 Å². The minimum atomic E-state index is -1.49. The third-order valence-electron chi connectivity index (χ3n) is 3.96. The Kier molecular flexibility index (Phi) is 20.4. The molecule has 0 saturated heterocycles. The van der Waals surface area contributed by atoms with Crippen LogP contribution in [0.3, 0.4) is 0 Å². The molecule has 0 aromatic rings. The zero-order chi connectivity index (χ0) is 18.3. The van der Waals surface area contributed by atoms with E-state index in [9.17, 15) is 39.6 Å². The molecule has 0 amide bonds. The van der Waals surface area contributed by atoms with Crippen molar-refractivity contribution in [1.29, 1.82) is 0 Å². The quantitative estimate of drug-likeness (QED) is 0.305. The van der Waals surface area contributed by atoms with E-state index >= 15 is 0 Å². The summed E-state index contributed by atoms with van der Waals surface area (Å²) in [5, 5.41) is 43.5. The minimum Gasteiger partial charge on any atom is -0.549 e. The Bertz CT molecular complexity index is 436. The van der Waals surface area contributed by atoms with E-state index in [0.717, 1.165) is 9.80 Å². The maximum absolute atomic E-state index is 10.9. The van der Waals surface area contributed by atoms with Gasteiger partial charge in [0, 0.05) is 38.3 Å². The molecule has 10 nitrogen and oxygen atoms in total. The molecule has 0 bridgehead atoms. The molecular formula is C14H18CaN2Na2O8. The van der Waals surface area contributed by atoms with Crippen molar-refractivity contribution >= 4 is 61.6 Å². The number of aliphatic carboxylic acids is 4. The standard InChI is InChI=1S/C14H22N2O8.Ca.2Na/c17-11(18)5-15(6-12(19)20)9-3-1-2-4-10(9)16(7-13(21)22)8-14(23)24;;;/h9-10H,1-8H2,(H,17,18)(H,19,20)(H,21,22)(H,23,24);;;/q;+2;2*+1/p-4/t9-,10?;;;/m1.../s1. The van der Waals surface area contributed by atoms with Crippen molar-refractivity contribution in [2.75, 3.05) is 26.2 Å². The number of hydrogen-bond donors (Lipinski definition) is 0. The first-order valence-corrected chi connectivity index (χ1v) is 7.48. The average Bonchev–Trinajstić information content (AvgIpc) is 2.44. The van der Waals surface area contributed by atoms with Crippen LogP contribution in [-0.4, -0.2) is 110 Å². The summed E-state index contributed by atoms with van der Waals surface area (Å²) in [7, 11) is 0. The second-order valence-electron chi connectivity index (χ2n) is 5.72. The second-order valence-corrected chi connectivity index (χ2v) is 5.72. The fourth-order valence-corrected chi connectivity index (χ4v) is 3.19. The first-order chi connectivity index (χ1) is 11.2. The van der Waals surface area contributed by atoms with Crippen molar-refractivity contribution in [3.8, 4) is 0 Å². The van der Waals surface area contributed by atoms with Gasteiger partial charge < -0.3 is 39.6 Å². The van der Waals surface area contributed by atoms with E-state index in [0.29, 0.717) is 25.7 Å². The molecule has 2 atom stereocenters. The monoisotopic (exact) mass is 428 g/mol. The maximum Gasteiger partial charge on any atom is 2.00 e. The fourth-order valence-electron chi connectivity index (χ4n) is 3.19. The molecule has 0 spiro atoms. The molecule has 27 heavy (non-hydrogen) atoms. The minimum absolute atomic E-state index is 0. The summed E-state index contributed by atoms with van der Waals surface area (Å²) in [5.41, 5.74) is 0. The Morgan fingerprint density at radius 1 is 0.630 bits per heavy atom. The zero-order valence-electron chi connectivity index (χ0n) is 15.7. The van der Waals surface area contributed by atoms with Crippen molar-refractivity contribution in [2.45, 2.75) is 37.8 Å². The molecule has 0 aromatic carbocycles. The Morgan fingerprint density at radius 2 is 0.852 bits per heavy atom. The Balaban J connectivity index is -0.00000192. The Labute approximate surface area is 231 Å². The topological polar surface area (TPSA) is 167 Å². The van der Waals surface area contributed by atoms with Crippen LogP contribution in [0.1, 0.15) is 25.7 Å². The average molecular weight is 428 g/mol. The van der Waals surface area contributed by atoms with E-state index in [1.807, 2.05) is 0 Å². The normalized spacial score (nSPS) is 18.6. The summed E-state index contributed by atoms with van der Waals surface area (Å²) >= 11 is 0. The summed E-state index contributed by atoms with van der Waals surface area (Å²) in [5.74, 6) is -5.97. The first kappa shape index (κ1) is 32.7. The van der Waals surface area contributed by atoms with Crippen LogP contribution >= 0.6 is 0 Å². The number of carboxylic acid groups (broad SMARTS) is 4. The molecule has 136 valence electrons. The summed E-state index contributed by atoms with van der Waals surface area (Å²) in [4.78, 5) is 45.7. The summed E-state index contributed by atoms with van der Waals surface area (Å²) in [6.07, 6.45) is 2.12. The summed E-state index contributed by atoms with van der Waals surface area (Å²) < 4.78 is 0. The van der Waals surface area contributed by atoms with E-state index in [2.05, 4.69) is 0 Å². The molecule has 1 saturated carbocycles. The van der Waals surface area contributed by atoms with Crippen LogP contribution in [0.25, 0.3) is 0 Å². The largest absolute Gasteiger partial charge is 2.00 e. The van der Waals surface area contributed by atoms with Crippen LogP contribution in [0.2, 0.25) is 0 Å². The van der Waals surface area contributed by atoms with Crippen LogP contribution < -0.4 is 79.5 Å². The van der Waals surface area contributed by atoms with Gasteiger partial charge in [0.25, 0.3) is 0 Å². The molecule has 0 heterocycles. The van der Waals surface area contributed by atoms with E-state index < -0.39 is 62.1 Å². The number of rotatable bonds is 10. The van der Waals surface area contributed by atoms with Crippen LogP contribution in [0, 0.1) is 0 Å². The van der Waals surface area contributed by atoms with Gasteiger partial charge in [-0.2, -0.15) is 0 Å². The number of nitrogens with zero attached hydrogens (tertiary/aromatic N) is 2. The smallest absolute Gasteiger partial charge is 0.549 e. The van der Waals surface area contributed by atoms with Gasteiger partial charge in [0.2, 0.25) is 0 Å². The Morgan fingerprint density at radius 3 is 1.04 bits per heavy atom. The SMILES string of the molecule is O=C([O-])CN(CC(=O)[O-])C1CCCC[C@H]1N(CC(=O)[O-])CC(=O)[O-].[Ca+2].[Na+].[Na+]. The fraction of sp³-hybridized carbons (Fsp3) is 0.714. The molecule has 1 rings (SSSR count). The van der Waals surface area contributed by atoms with Gasteiger partial charge in [0.1, 0.15) is 0 Å². The molecule has 1 unspecified atom stereocenters. The van der Waals surface area contributed by atoms with E-state index in [1.54, 1.807) is 0 Å². The van der Waals surface area contributed by atoms with Crippen molar-refractivity contribution in [1.82, 2.24) is 9.80 Å². The number of carbonyl (C=O) groups excluding carboxylic acids is 4. The van der Waals surface area contributed by atoms with Gasteiger partial charge in [-0.3, -0.25) is 9.80 Å². The molecule has 1 fully saturated rings. The third-order valence-corrected chi connectivity index (χ3v) is 3.96. The van der Waals surface area contributed by atoms with Gasteiger partial charge >= 0.3 is 96.9 Å². The van der Waals surface area contributed by atoms with Crippen LogP contribution in [0.15, 0.2) is 0 Å². The predicted molar refractivity (Wildman–Crippen MR) is 75.0 cm³/mol. The first-order valence-electron chi connectivity index (χ1n) is 7.48. The van der Waals surface area contributed by atoms with Crippen molar-refractivity contribution in [3.63, 3.8) is 0 Å². The Hall–Kier alpha value is 1.06. The zero-order valence-corrected chi connectivity index (χ0v) is 21.9. The van der Waals surface area contributed by atoms with Crippen molar-refractivity contribution in [3.05, 3.63) is 0 Å². The molecule has 0 N–H and O–H groups in total. The van der Waals surface area contributed by atoms with E-state index in [4.69, 9.17) is 0 Å². The summed E-state index contributed by atoms with van der Waals surface area (Å²) in [6.45, 7) is -2.72. The van der Waals surface area contributed by atoms with Crippen molar-refractivity contribution < 1.29 is 98.7 Å². The number of carboxylic acids is 4. The molecule has 13 heteroatoms. The van der Waals surface area contributed by atoms with E-state index in [1.165, 1.54) is 0 Å². The number of carbonyl (C=O) groups is 4. The molecule has 1 aliphatic carbocycles. The van der Waals surface area contributed by atoms with Gasteiger partial charge in [-0.25, -0.2) is 0 Å². The van der Waals surface area contributed by atoms with Gasteiger partial charge in [0.15, 0.2) is 0 Å². The molecule has 0 aliphatic heterocycles. The van der Waals surface area contributed by atoms with Gasteiger partial charge in [-0.05, 0) is 12.8 Å². The molecule has 1 aliphatic rings. The van der Waals surface area contributed by atoms with Crippen LogP contribution in [0.4, 0.5) is 0 Å². The third kappa shape index (κ3) is 13.1. The molecular weight excluding hydrogens is 410 g/mol. The van der Waals surface area contributed by atoms with Gasteiger partial charge in [-0.1, -0.05) is 12.8 Å². The van der Waals surface area contributed by atoms with E-state index in [-0.39, 0.29) is 96.9 Å². The maximum atomic E-state index is 10.9. The van der Waals surface area contributed by atoms with Gasteiger partial charge in [0.05, 0.1) is 23.9 Å². The van der Waals surface area contributed by atoms with Gasteiger partial charge in [-0.15, -0.1) is 0 Å². The van der Waals surface area contributed by atoms with Crippen molar-refractivity contribution in [2.24, 2.45) is 0 Å². The van der Waals surface area contributed by atoms with Crippen LogP contribution in [0.5, 0.6) is 0 Å². The number of hydrogen-bond acceptors (Lipinski definition) is 10. The second kappa shape index (κ2) is 16.8. The molecule has 0 aromatic heterocycles. The predicted octanol–water partition coefficient (Wildman–Crippen LogP) is -12.5.